The highest BCUT2D eigenvalue weighted by molar-refractivity contribution is 7.99. The number of halogens is 1. The SMILES string of the molecule is C[C@H]1CC2(CCN(c3ncc(Sc4ccc(N5CC(C(C)(C)O)C5)nc4Cl)nc3CO)CC2)CO1. The highest BCUT2D eigenvalue weighted by Gasteiger charge is 2.41. The van der Waals surface area contributed by atoms with Crippen LogP contribution in [0.4, 0.5) is 11.6 Å². The first kappa shape index (κ1) is 25.0. The molecular formula is C25H34ClN5O3S. The number of anilines is 2. The minimum atomic E-state index is -0.690. The van der Waals surface area contributed by atoms with Crippen molar-refractivity contribution in [1.82, 2.24) is 15.0 Å². The Morgan fingerprint density at radius 1 is 1.20 bits per heavy atom. The van der Waals surface area contributed by atoms with Gasteiger partial charge in [-0.05, 0) is 57.6 Å². The van der Waals surface area contributed by atoms with Crippen LogP contribution in [0, 0.1) is 11.3 Å². The maximum atomic E-state index is 10.2. The summed E-state index contributed by atoms with van der Waals surface area (Å²) >= 11 is 7.90. The number of nitrogens with zero attached hydrogens (tertiary/aromatic N) is 5. The third-order valence-corrected chi connectivity index (χ3v) is 9.04. The first-order valence-electron chi connectivity index (χ1n) is 12.3. The molecule has 2 N–H and O–H groups in total. The molecule has 0 saturated carbocycles. The van der Waals surface area contributed by atoms with Crippen LogP contribution in [-0.4, -0.2) is 69.7 Å². The van der Waals surface area contributed by atoms with E-state index in [0.717, 1.165) is 68.6 Å². The molecule has 5 heterocycles. The van der Waals surface area contributed by atoms with Crippen molar-refractivity contribution in [3.63, 3.8) is 0 Å². The summed E-state index contributed by atoms with van der Waals surface area (Å²) in [5, 5.41) is 21.3. The lowest BCUT2D eigenvalue weighted by atomic mass is 9.77. The molecule has 0 aromatic carbocycles. The van der Waals surface area contributed by atoms with Gasteiger partial charge in [0.15, 0.2) is 5.82 Å². The molecule has 1 atom stereocenters. The number of ether oxygens (including phenoxy) is 1. The maximum absolute atomic E-state index is 10.2. The van der Waals surface area contributed by atoms with Gasteiger partial charge >= 0.3 is 0 Å². The molecule has 0 radical (unpaired) electrons. The zero-order valence-corrected chi connectivity index (χ0v) is 22.1. The second-order valence-corrected chi connectivity index (χ2v) is 12.2. The molecule has 8 nitrogen and oxygen atoms in total. The van der Waals surface area contributed by atoms with Gasteiger partial charge in [0, 0.05) is 32.1 Å². The summed E-state index contributed by atoms with van der Waals surface area (Å²) in [6.45, 7) is 9.83. The first-order chi connectivity index (χ1) is 16.7. The van der Waals surface area contributed by atoms with Crippen LogP contribution < -0.4 is 9.80 Å². The fourth-order valence-corrected chi connectivity index (χ4v) is 6.32. The molecule has 35 heavy (non-hydrogen) atoms. The Morgan fingerprint density at radius 2 is 1.94 bits per heavy atom. The number of hydrogen-bond acceptors (Lipinski definition) is 9. The predicted octanol–water partition coefficient (Wildman–Crippen LogP) is 3.77. The quantitative estimate of drug-likeness (QED) is 0.553. The van der Waals surface area contributed by atoms with Gasteiger partial charge in [-0.3, -0.25) is 0 Å². The molecule has 0 bridgehead atoms. The molecular weight excluding hydrogens is 486 g/mol. The molecule has 2 aromatic heterocycles. The number of hydrogen-bond donors (Lipinski definition) is 2. The molecule has 3 aliphatic rings. The van der Waals surface area contributed by atoms with Gasteiger partial charge in [-0.2, -0.15) is 0 Å². The topological polar surface area (TPSA) is 94.8 Å². The summed E-state index contributed by atoms with van der Waals surface area (Å²) in [5.41, 5.74) is 0.186. The second-order valence-electron chi connectivity index (χ2n) is 10.8. The number of aliphatic hydroxyl groups excluding tert-OH is 1. The van der Waals surface area contributed by atoms with E-state index in [2.05, 4.69) is 31.7 Å². The Kier molecular flexibility index (Phi) is 6.91. The molecule has 1 spiro atoms. The Hall–Kier alpha value is -1.65. The summed E-state index contributed by atoms with van der Waals surface area (Å²) in [6, 6.07) is 3.89. The monoisotopic (exact) mass is 519 g/mol. The third kappa shape index (κ3) is 5.25. The fourth-order valence-electron chi connectivity index (χ4n) is 5.30. The summed E-state index contributed by atoms with van der Waals surface area (Å²) in [4.78, 5) is 19.1. The molecule has 2 aromatic rings. The van der Waals surface area contributed by atoms with Crippen molar-refractivity contribution in [2.45, 2.75) is 68.3 Å². The van der Waals surface area contributed by atoms with Crippen LogP contribution in [0.2, 0.25) is 5.15 Å². The van der Waals surface area contributed by atoms with Gasteiger partial charge in [0.05, 0.1) is 36.0 Å². The minimum Gasteiger partial charge on any atom is -0.390 e. The summed E-state index contributed by atoms with van der Waals surface area (Å²) in [5.74, 6) is 1.79. The van der Waals surface area contributed by atoms with E-state index in [1.54, 1.807) is 6.20 Å². The van der Waals surface area contributed by atoms with Gasteiger partial charge in [-0.1, -0.05) is 23.4 Å². The first-order valence-corrected chi connectivity index (χ1v) is 13.5. The van der Waals surface area contributed by atoms with Crippen molar-refractivity contribution in [3.8, 4) is 0 Å². The van der Waals surface area contributed by atoms with Gasteiger partial charge in [0.1, 0.15) is 21.7 Å². The van der Waals surface area contributed by atoms with Crippen LogP contribution in [0.5, 0.6) is 0 Å². The van der Waals surface area contributed by atoms with Crippen LogP contribution in [0.3, 0.4) is 0 Å². The van der Waals surface area contributed by atoms with Gasteiger partial charge in [-0.25, -0.2) is 15.0 Å². The van der Waals surface area contributed by atoms with Crippen molar-refractivity contribution < 1.29 is 14.9 Å². The Labute approximate surface area is 216 Å². The zero-order valence-electron chi connectivity index (χ0n) is 20.6. The van der Waals surface area contributed by atoms with Crippen molar-refractivity contribution in [2.24, 2.45) is 11.3 Å². The molecule has 3 saturated heterocycles. The standard InChI is InChI=1S/C25H34ClN5O3S/c1-16-10-25(15-34-16)6-8-30(9-7-25)23-18(14-32)28-21(11-27-23)35-19-4-5-20(29-22(19)26)31-12-17(13-31)24(2,3)33/h4-5,11,16-17,32-33H,6-10,12-15H2,1-3H3/t16-/m0/s1. The Balaban J connectivity index is 1.24. The van der Waals surface area contributed by atoms with Gasteiger partial charge in [-0.15, -0.1) is 0 Å². The summed E-state index contributed by atoms with van der Waals surface area (Å²) in [6.07, 6.45) is 5.36. The molecule has 3 fully saturated rings. The van der Waals surface area contributed by atoms with Crippen LogP contribution >= 0.6 is 23.4 Å². The minimum absolute atomic E-state index is 0.166. The highest BCUT2D eigenvalue weighted by Crippen LogP contribution is 2.43. The van der Waals surface area contributed by atoms with Crippen molar-refractivity contribution in [1.29, 1.82) is 0 Å². The van der Waals surface area contributed by atoms with Crippen LogP contribution in [0.25, 0.3) is 0 Å². The number of aliphatic hydroxyl groups is 2. The van der Waals surface area contributed by atoms with E-state index in [-0.39, 0.29) is 12.5 Å². The van der Waals surface area contributed by atoms with Crippen LogP contribution in [-0.2, 0) is 11.3 Å². The predicted molar refractivity (Wildman–Crippen MR) is 137 cm³/mol. The van der Waals surface area contributed by atoms with E-state index in [1.165, 1.54) is 11.8 Å². The van der Waals surface area contributed by atoms with E-state index in [1.807, 2.05) is 26.0 Å². The molecule has 5 rings (SSSR count). The Bertz CT molecular complexity index is 1070. The van der Waals surface area contributed by atoms with Crippen LogP contribution in [0.1, 0.15) is 45.7 Å². The molecule has 0 aliphatic carbocycles. The smallest absolute Gasteiger partial charge is 0.152 e. The van der Waals surface area contributed by atoms with E-state index < -0.39 is 5.60 Å². The zero-order chi connectivity index (χ0) is 24.8. The van der Waals surface area contributed by atoms with E-state index in [0.29, 0.717) is 27.4 Å². The molecule has 190 valence electrons. The number of rotatable bonds is 6. The average molecular weight is 520 g/mol. The Morgan fingerprint density at radius 3 is 2.54 bits per heavy atom. The largest absolute Gasteiger partial charge is 0.390 e. The molecule has 0 amide bonds. The molecule has 3 aliphatic heterocycles. The number of aromatic nitrogens is 3. The fraction of sp³-hybridized carbons (Fsp3) is 0.640. The lowest BCUT2D eigenvalue weighted by molar-refractivity contribution is 0.00438. The van der Waals surface area contributed by atoms with Gasteiger partial charge < -0.3 is 24.7 Å². The van der Waals surface area contributed by atoms with Gasteiger partial charge in [0.2, 0.25) is 0 Å². The van der Waals surface area contributed by atoms with Gasteiger partial charge in [0.25, 0.3) is 0 Å². The molecule has 0 unspecified atom stereocenters. The maximum Gasteiger partial charge on any atom is 0.152 e. The second kappa shape index (κ2) is 9.67. The van der Waals surface area contributed by atoms with E-state index in [4.69, 9.17) is 16.3 Å². The van der Waals surface area contributed by atoms with Crippen molar-refractivity contribution >= 4 is 35.0 Å². The summed E-state index contributed by atoms with van der Waals surface area (Å²) in [7, 11) is 0. The van der Waals surface area contributed by atoms with Crippen LogP contribution in [0.15, 0.2) is 28.3 Å². The van der Waals surface area contributed by atoms with E-state index >= 15 is 0 Å². The lowest BCUT2D eigenvalue weighted by Gasteiger charge is -2.45. The summed E-state index contributed by atoms with van der Waals surface area (Å²) < 4.78 is 5.84. The third-order valence-electron chi connectivity index (χ3n) is 7.69. The lowest BCUT2D eigenvalue weighted by Crippen LogP contribution is -2.56. The normalized spacial score (nSPS) is 22.6. The highest BCUT2D eigenvalue weighted by atomic mass is 35.5. The molecule has 10 heteroatoms. The van der Waals surface area contributed by atoms with E-state index in [9.17, 15) is 10.2 Å². The van der Waals surface area contributed by atoms with Crippen molar-refractivity contribution in [2.75, 3.05) is 42.6 Å². The average Bonchev–Trinajstić information content (AvgIpc) is 3.14. The van der Waals surface area contributed by atoms with Crippen molar-refractivity contribution in [3.05, 3.63) is 29.2 Å². The number of pyridine rings is 1. The number of piperidine rings is 1.